The minimum Gasteiger partial charge on any atom is -0.395 e. The Morgan fingerprint density at radius 1 is 1.00 bits per heavy atom. The largest absolute Gasteiger partial charge is 0.586 e. The molecule has 0 aliphatic carbocycles. The summed E-state index contributed by atoms with van der Waals surface area (Å²) in [7, 11) is 0. The molecule has 0 unspecified atom stereocenters. The fourth-order valence-corrected chi connectivity index (χ4v) is 4.73. The fourth-order valence-electron chi connectivity index (χ4n) is 4.73. The lowest BCUT2D eigenvalue weighted by Crippen LogP contribution is -2.37. The fraction of sp³-hybridized carbons (Fsp3) is 0.400. The zero-order chi connectivity index (χ0) is 29.9. The van der Waals surface area contributed by atoms with Crippen molar-refractivity contribution in [3.8, 4) is 22.8 Å². The smallest absolute Gasteiger partial charge is 0.395 e. The van der Waals surface area contributed by atoms with Gasteiger partial charge in [-0.15, -0.1) is 8.78 Å². The molecule has 0 radical (unpaired) electrons. The Morgan fingerprint density at radius 2 is 1.63 bits per heavy atom. The van der Waals surface area contributed by atoms with E-state index in [4.69, 9.17) is 0 Å². The standard InChI is InChI=1S/C30H33F2N5O4/c1-8-36(20-9-10-21-22(14-20)41-30(31,32)40-21)23(38)15-37-27(39)26-25(33-16-34-26)24(35-37)17-11-18(28(2,3)4)13-19(12-17)29(5,6)7/h9-14,16H,8,15H2,1-7H3,(H,33,34). The average molecular weight is 566 g/mol. The number of aromatic nitrogens is 4. The topological polar surface area (TPSA) is 102 Å². The number of hydrogen-bond donors (Lipinski definition) is 1. The first kappa shape index (κ1) is 28.3. The number of amides is 1. The number of aromatic amines is 1. The van der Waals surface area contributed by atoms with Crippen LogP contribution in [0.2, 0.25) is 0 Å². The minimum atomic E-state index is -3.77. The van der Waals surface area contributed by atoms with E-state index in [0.717, 1.165) is 21.4 Å². The van der Waals surface area contributed by atoms with Crippen molar-refractivity contribution in [2.45, 2.75) is 72.1 Å². The van der Waals surface area contributed by atoms with Crippen molar-refractivity contribution in [1.82, 2.24) is 19.7 Å². The summed E-state index contributed by atoms with van der Waals surface area (Å²) < 4.78 is 37.2. The zero-order valence-corrected chi connectivity index (χ0v) is 24.1. The summed E-state index contributed by atoms with van der Waals surface area (Å²) in [4.78, 5) is 35.5. The molecule has 1 aliphatic heterocycles. The van der Waals surface area contributed by atoms with E-state index in [1.807, 2.05) is 12.1 Å². The van der Waals surface area contributed by atoms with Crippen LogP contribution in [0.3, 0.4) is 0 Å². The van der Waals surface area contributed by atoms with Gasteiger partial charge in [0.15, 0.2) is 11.5 Å². The van der Waals surface area contributed by atoms with Crippen LogP contribution < -0.4 is 19.9 Å². The summed E-state index contributed by atoms with van der Waals surface area (Å²) in [6.07, 6.45) is -2.34. The number of hydrogen-bond acceptors (Lipinski definition) is 6. The lowest BCUT2D eigenvalue weighted by molar-refractivity contribution is -0.286. The van der Waals surface area contributed by atoms with E-state index in [2.05, 4.69) is 72.1 Å². The Hall–Kier alpha value is -4.28. The molecule has 216 valence electrons. The molecule has 0 spiro atoms. The van der Waals surface area contributed by atoms with E-state index in [1.54, 1.807) is 6.92 Å². The first-order valence-electron chi connectivity index (χ1n) is 13.4. The van der Waals surface area contributed by atoms with E-state index in [0.29, 0.717) is 16.9 Å². The Bertz CT molecular complexity index is 1680. The van der Waals surface area contributed by atoms with E-state index in [9.17, 15) is 18.4 Å². The highest BCUT2D eigenvalue weighted by Gasteiger charge is 2.43. The lowest BCUT2D eigenvalue weighted by atomic mass is 9.79. The van der Waals surface area contributed by atoms with Crippen LogP contribution in [0.1, 0.15) is 59.6 Å². The van der Waals surface area contributed by atoms with Gasteiger partial charge < -0.3 is 19.4 Å². The second-order valence-corrected chi connectivity index (χ2v) is 12.2. The van der Waals surface area contributed by atoms with Crippen molar-refractivity contribution in [1.29, 1.82) is 0 Å². The van der Waals surface area contributed by atoms with Gasteiger partial charge in [-0.25, -0.2) is 9.67 Å². The highest BCUT2D eigenvalue weighted by molar-refractivity contribution is 5.94. The number of fused-ring (bicyclic) bond motifs is 2. The van der Waals surface area contributed by atoms with Crippen LogP contribution in [0.5, 0.6) is 11.5 Å². The normalized spacial score (nSPS) is 14.5. The molecule has 0 saturated carbocycles. The van der Waals surface area contributed by atoms with Crippen molar-refractivity contribution >= 4 is 22.6 Å². The number of nitrogens with zero attached hydrogens (tertiary/aromatic N) is 4. The molecular formula is C30H33F2N5O4. The highest BCUT2D eigenvalue weighted by Crippen LogP contribution is 2.43. The van der Waals surface area contributed by atoms with E-state index in [1.165, 1.54) is 29.4 Å². The molecule has 1 amide bonds. The molecule has 0 saturated heterocycles. The summed E-state index contributed by atoms with van der Waals surface area (Å²) in [6, 6.07) is 10.4. The number of benzene rings is 2. The number of carbonyl (C=O) groups is 1. The summed E-state index contributed by atoms with van der Waals surface area (Å²) in [5.41, 5.74) is 3.61. The Balaban J connectivity index is 1.57. The predicted octanol–water partition coefficient (Wildman–Crippen LogP) is 5.76. The van der Waals surface area contributed by atoms with Crippen molar-refractivity contribution in [3.05, 3.63) is 64.2 Å². The number of anilines is 1. The van der Waals surface area contributed by atoms with Crippen molar-refractivity contribution in [3.63, 3.8) is 0 Å². The quantitative estimate of drug-likeness (QED) is 0.330. The van der Waals surface area contributed by atoms with Gasteiger partial charge in [0.05, 0.1) is 6.33 Å². The Kier molecular flexibility index (Phi) is 6.67. The molecule has 2 aromatic carbocycles. The van der Waals surface area contributed by atoms with Gasteiger partial charge in [-0.2, -0.15) is 5.10 Å². The van der Waals surface area contributed by atoms with Crippen LogP contribution in [0, 0.1) is 0 Å². The Morgan fingerprint density at radius 3 is 2.24 bits per heavy atom. The van der Waals surface area contributed by atoms with Crippen LogP contribution in [-0.4, -0.2) is 38.5 Å². The van der Waals surface area contributed by atoms with Gasteiger partial charge in [0.2, 0.25) is 5.91 Å². The summed E-state index contributed by atoms with van der Waals surface area (Å²) in [5.74, 6) is -0.762. The van der Waals surface area contributed by atoms with Crippen LogP contribution in [0.25, 0.3) is 22.3 Å². The molecule has 3 heterocycles. The molecule has 5 rings (SSSR count). The van der Waals surface area contributed by atoms with Crippen LogP contribution in [-0.2, 0) is 22.2 Å². The predicted molar refractivity (Wildman–Crippen MR) is 152 cm³/mol. The molecule has 2 aromatic heterocycles. The Labute approximate surface area is 236 Å². The second-order valence-electron chi connectivity index (χ2n) is 12.2. The van der Waals surface area contributed by atoms with Gasteiger partial charge in [0.25, 0.3) is 5.56 Å². The molecule has 0 fully saturated rings. The number of alkyl halides is 2. The van der Waals surface area contributed by atoms with Gasteiger partial charge in [-0.1, -0.05) is 47.6 Å². The molecule has 9 nitrogen and oxygen atoms in total. The van der Waals surface area contributed by atoms with Gasteiger partial charge in [0, 0.05) is 23.9 Å². The zero-order valence-electron chi connectivity index (χ0n) is 24.1. The molecular weight excluding hydrogens is 532 g/mol. The third kappa shape index (κ3) is 5.40. The summed E-state index contributed by atoms with van der Waals surface area (Å²) in [6.45, 7) is 14.4. The minimum absolute atomic E-state index is 0.124. The SMILES string of the molecule is CCN(C(=O)Cn1nc(-c2cc(C(C)(C)C)cc(C(C)(C)C)c2)c2nc[nH]c2c1=O)c1ccc2c(c1)OC(F)(F)O2. The molecule has 11 heteroatoms. The van der Waals surface area contributed by atoms with Crippen LogP contribution >= 0.6 is 0 Å². The molecule has 1 aliphatic rings. The number of nitrogens with one attached hydrogen (secondary N) is 1. The number of H-pyrrole nitrogens is 1. The maximum Gasteiger partial charge on any atom is 0.586 e. The number of likely N-dealkylation sites (N-methyl/N-ethyl adjacent to an activating group) is 1. The third-order valence-electron chi connectivity index (χ3n) is 7.07. The highest BCUT2D eigenvalue weighted by atomic mass is 19.3. The monoisotopic (exact) mass is 565 g/mol. The number of rotatable bonds is 5. The van der Waals surface area contributed by atoms with Gasteiger partial charge in [-0.05, 0) is 53.1 Å². The van der Waals surface area contributed by atoms with Crippen LogP contribution in [0.4, 0.5) is 14.5 Å². The van der Waals surface area contributed by atoms with Gasteiger partial charge in [-0.3, -0.25) is 9.59 Å². The summed E-state index contributed by atoms with van der Waals surface area (Å²) >= 11 is 0. The van der Waals surface area contributed by atoms with E-state index < -0.39 is 17.8 Å². The van der Waals surface area contributed by atoms with Gasteiger partial charge in [0.1, 0.15) is 23.3 Å². The lowest BCUT2D eigenvalue weighted by Gasteiger charge is -2.26. The maximum atomic E-state index is 13.5. The average Bonchev–Trinajstić information content (AvgIpc) is 3.48. The molecule has 4 aromatic rings. The van der Waals surface area contributed by atoms with Crippen molar-refractivity contribution < 1.29 is 23.0 Å². The van der Waals surface area contributed by atoms with E-state index in [-0.39, 0.29) is 40.9 Å². The first-order valence-corrected chi connectivity index (χ1v) is 13.4. The number of ether oxygens (including phenoxy) is 2. The van der Waals surface area contributed by atoms with Crippen molar-refractivity contribution in [2.24, 2.45) is 0 Å². The third-order valence-corrected chi connectivity index (χ3v) is 7.07. The maximum absolute atomic E-state index is 13.5. The van der Waals surface area contributed by atoms with Crippen LogP contribution in [0.15, 0.2) is 47.5 Å². The molecule has 0 bridgehead atoms. The van der Waals surface area contributed by atoms with Gasteiger partial charge >= 0.3 is 6.29 Å². The number of carbonyl (C=O) groups excluding carboxylic acids is 1. The van der Waals surface area contributed by atoms with Crippen molar-refractivity contribution in [2.75, 3.05) is 11.4 Å². The summed E-state index contributed by atoms with van der Waals surface area (Å²) in [5, 5.41) is 4.65. The molecule has 0 atom stereocenters. The molecule has 41 heavy (non-hydrogen) atoms. The second kappa shape index (κ2) is 9.67. The number of imidazole rings is 1. The number of halogens is 2. The molecule has 1 N–H and O–H groups in total. The first-order chi connectivity index (χ1) is 19.1. The van der Waals surface area contributed by atoms with E-state index >= 15 is 0 Å².